The summed E-state index contributed by atoms with van der Waals surface area (Å²) < 4.78 is 5.66. The molecule has 0 radical (unpaired) electrons. The normalized spacial score (nSPS) is 21.1. The van der Waals surface area contributed by atoms with Gasteiger partial charge in [-0.3, -0.25) is 4.79 Å². The Hall–Kier alpha value is -1.55. The number of nitrogens with one attached hydrogen (secondary N) is 1. The van der Waals surface area contributed by atoms with E-state index < -0.39 is 0 Å². The first-order valence-corrected chi connectivity index (χ1v) is 7.48. The molecule has 0 aromatic heterocycles. The van der Waals surface area contributed by atoms with Crippen LogP contribution in [0.3, 0.4) is 0 Å². The first-order valence-electron chi connectivity index (χ1n) is 7.48. The summed E-state index contributed by atoms with van der Waals surface area (Å²) in [6, 6.07) is 6.65. The van der Waals surface area contributed by atoms with Crippen LogP contribution in [-0.2, 0) is 11.2 Å². The number of carbonyl (C=O) groups is 1. The van der Waals surface area contributed by atoms with Gasteiger partial charge in [-0.2, -0.15) is 0 Å². The molecule has 1 aliphatic heterocycles. The highest BCUT2D eigenvalue weighted by atomic mass is 16.5. The van der Waals surface area contributed by atoms with Crippen molar-refractivity contribution >= 4 is 5.91 Å². The van der Waals surface area contributed by atoms with Crippen molar-refractivity contribution < 1.29 is 9.53 Å². The van der Waals surface area contributed by atoms with E-state index in [1.165, 1.54) is 11.1 Å². The molecule has 20 heavy (non-hydrogen) atoms. The SMILES string of the molecule is CNC1CCc2cc(OCC(=O)N3CCCC3)ccc21. The van der Waals surface area contributed by atoms with Gasteiger partial charge < -0.3 is 15.0 Å². The lowest BCUT2D eigenvalue weighted by molar-refractivity contribution is -0.132. The van der Waals surface area contributed by atoms with E-state index in [0.717, 1.165) is 44.5 Å². The zero-order valence-electron chi connectivity index (χ0n) is 12.0. The van der Waals surface area contributed by atoms with Crippen molar-refractivity contribution in [1.29, 1.82) is 0 Å². The Morgan fingerprint density at radius 1 is 1.40 bits per heavy atom. The Kier molecular flexibility index (Phi) is 3.92. The summed E-state index contributed by atoms with van der Waals surface area (Å²) in [6.45, 7) is 1.93. The van der Waals surface area contributed by atoms with E-state index >= 15 is 0 Å². The maximum Gasteiger partial charge on any atom is 0.260 e. The van der Waals surface area contributed by atoms with Gasteiger partial charge in [0.1, 0.15) is 5.75 Å². The monoisotopic (exact) mass is 274 g/mol. The van der Waals surface area contributed by atoms with Gasteiger partial charge in [0.15, 0.2) is 6.61 Å². The third kappa shape index (κ3) is 2.66. The highest BCUT2D eigenvalue weighted by Gasteiger charge is 2.22. The van der Waals surface area contributed by atoms with E-state index in [1.54, 1.807) is 0 Å². The summed E-state index contributed by atoms with van der Waals surface area (Å²) in [6.07, 6.45) is 4.46. The largest absolute Gasteiger partial charge is 0.484 e. The number of rotatable bonds is 4. The molecule has 1 fully saturated rings. The molecule has 1 aromatic rings. The van der Waals surface area contributed by atoms with Crippen LogP contribution in [0.5, 0.6) is 5.75 Å². The van der Waals surface area contributed by atoms with Crippen LogP contribution < -0.4 is 10.1 Å². The molecule has 0 saturated carbocycles. The van der Waals surface area contributed by atoms with Gasteiger partial charge in [0, 0.05) is 19.1 Å². The summed E-state index contributed by atoms with van der Waals surface area (Å²) in [4.78, 5) is 13.8. The zero-order valence-corrected chi connectivity index (χ0v) is 12.0. The van der Waals surface area contributed by atoms with Gasteiger partial charge in [-0.25, -0.2) is 0 Å². The molecule has 1 heterocycles. The molecule has 1 amide bonds. The summed E-state index contributed by atoms with van der Waals surface area (Å²) in [5.41, 5.74) is 2.71. The number of hydrogen-bond donors (Lipinski definition) is 1. The summed E-state index contributed by atoms with van der Waals surface area (Å²) in [5, 5.41) is 3.33. The maximum absolute atomic E-state index is 11.9. The predicted molar refractivity (Wildman–Crippen MR) is 77.9 cm³/mol. The molecule has 1 saturated heterocycles. The quantitative estimate of drug-likeness (QED) is 0.911. The number of amides is 1. The Morgan fingerprint density at radius 2 is 2.20 bits per heavy atom. The minimum Gasteiger partial charge on any atom is -0.484 e. The van der Waals surface area contributed by atoms with Gasteiger partial charge in [0.05, 0.1) is 0 Å². The molecule has 1 N–H and O–H groups in total. The number of fused-ring (bicyclic) bond motifs is 1. The summed E-state index contributed by atoms with van der Waals surface area (Å²) in [7, 11) is 2.00. The van der Waals surface area contributed by atoms with Crippen molar-refractivity contribution in [2.75, 3.05) is 26.7 Å². The zero-order chi connectivity index (χ0) is 13.9. The molecule has 4 nitrogen and oxygen atoms in total. The van der Waals surface area contributed by atoms with Gasteiger partial charge in [-0.1, -0.05) is 6.07 Å². The molecule has 2 aliphatic rings. The van der Waals surface area contributed by atoms with Crippen LogP contribution >= 0.6 is 0 Å². The van der Waals surface area contributed by atoms with Gasteiger partial charge in [0.25, 0.3) is 5.91 Å². The molecule has 1 unspecified atom stereocenters. The van der Waals surface area contributed by atoms with E-state index in [2.05, 4.69) is 17.4 Å². The number of hydrogen-bond acceptors (Lipinski definition) is 3. The number of nitrogens with zero attached hydrogens (tertiary/aromatic N) is 1. The molecule has 0 spiro atoms. The molecule has 1 atom stereocenters. The van der Waals surface area contributed by atoms with Crippen LogP contribution in [0.2, 0.25) is 0 Å². The molecule has 4 heteroatoms. The first-order chi connectivity index (χ1) is 9.78. The molecule has 3 rings (SSSR count). The fraction of sp³-hybridized carbons (Fsp3) is 0.562. The van der Waals surface area contributed by atoms with Crippen LogP contribution in [0.15, 0.2) is 18.2 Å². The number of ether oxygens (including phenoxy) is 1. The smallest absolute Gasteiger partial charge is 0.260 e. The Balaban J connectivity index is 1.60. The standard InChI is InChI=1S/C16H22N2O2/c1-17-15-7-4-12-10-13(5-6-14(12)15)20-11-16(19)18-8-2-3-9-18/h5-6,10,15,17H,2-4,7-9,11H2,1H3. The van der Waals surface area contributed by atoms with E-state index in [-0.39, 0.29) is 12.5 Å². The summed E-state index contributed by atoms with van der Waals surface area (Å²) in [5.74, 6) is 0.921. The molecular formula is C16H22N2O2. The third-order valence-electron chi connectivity index (χ3n) is 4.36. The second-order valence-electron chi connectivity index (χ2n) is 5.62. The van der Waals surface area contributed by atoms with Crippen molar-refractivity contribution in [3.05, 3.63) is 29.3 Å². The van der Waals surface area contributed by atoms with Crippen molar-refractivity contribution in [3.8, 4) is 5.75 Å². The highest BCUT2D eigenvalue weighted by Crippen LogP contribution is 2.33. The molecule has 1 aromatic carbocycles. The van der Waals surface area contributed by atoms with Crippen LogP contribution in [0.4, 0.5) is 0 Å². The van der Waals surface area contributed by atoms with Crippen molar-refractivity contribution in [2.45, 2.75) is 31.7 Å². The number of aryl methyl sites for hydroxylation is 1. The average molecular weight is 274 g/mol. The van der Waals surface area contributed by atoms with Crippen molar-refractivity contribution in [1.82, 2.24) is 10.2 Å². The average Bonchev–Trinajstić information content (AvgIpc) is 3.13. The van der Waals surface area contributed by atoms with Crippen LogP contribution in [-0.4, -0.2) is 37.6 Å². The number of likely N-dealkylation sites (tertiary alicyclic amines) is 1. The minimum absolute atomic E-state index is 0.107. The summed E-state index contributed by atoms with van der Waals surface area (Å²) >= 11 is 0. The second kappa shape index (κ2) is 5.83. The number of benzene rings is 1. The lowest BCUT2D eigenvalue weighted by Crippen LogP contribution is -2.32. The van der Waals surface area contributed by atoms with Crippen LogP contribution in [0.25, 0.3) is 0 Å². The molecule has 1 aliphatic carbocycles. The second-order valence-corrected chi connectivity index (χ2v) is 5.62. The van der Waals surface area contributed by atoms with E-state index in [4.69, 9.17) is 4.74 Å². The minimum atomic E-state index is 0.107. The topological polar surface area (TPSA) is 41.6 Å². The van der Waals surface area contributed by atoms with Gasteiger partial charge >= 0.3 is 0 Å². The highest BCUT2D eigenvalue weighted by molar-refractivity contribution is 5.78. The fourth-order valence-electron chi connectivity index (χ4n) is 3.19. The Labute approximate surface area is 120 Å². The Morgan fingerprint density at radius 3 is 2.95 bits per heavy atom. The Bertz CT molecular complexity index is 495. The van der Waals surface area contributed by atoms with Crippen LogP contribution in [0, 0.1) is 0 Å². The molecular weight excluding hydrogens is 252 g/mol. The van der Waals surface area contributed by atoms with Gasteiger partial charge in [-0.05, 0) is 56.0 Å². The predicted octanol–water partition coefficient (Wildman–Crippen LogP) is 1.89. The van der Waals surface area contributed by atoms with Crippen molar-refractivity contribution in [2.24, 2.45) is 0 Å². The van der Waals surface area contributed by atoms with Gasteiger partial charge in [0.2, 0.25) is 0 Å². The maximum atomic E-state index is 11.9. The number of carbonyl (C=O) groups excluding carboxylic acids is 1. The molecule has 0 bridgehead atoms. The van der Waals surface area contributed by atoms with Crippen LogP contribution in [0.1, 0.15) is 36.4 Å². The van der Waals surface area contributed by atoms with Crippen molar-refractivity contribution in [3.63, 3.8) is 0 Å². The van der Waals surface area contributed by atoms with E-state index in [0.29, 0.717) is 6.04 Å². The lowest BCUT2D eigenvalue weighted by Gasteiger charge is -2.16. The lowest BCUT2D eigenvalue weighted by atomic mass is 10.1. The molecule has 108 valence electrons. The van der Waals surface area contributed by atoms with Gasteiger partial charge in [-0.15, -0.1) is 0 Å². The first kappa shape index (κ1) is 13.4. The van der Waals surface area contributed by atoms with E-state index in [9.17, 15) is 4.79 Å². The fourth-order valence-corrected chi connectivity index (χ4v) is 3.19. The van der Waals surface area contributed by atoms with E-state index in [1.807, 2.05) is 18.0 Å². The third-order valence-corrected chi connectivity index (χ3v) is 4.36.